The molecule has 0 fully saturated rings. The number of thiophene rings is 1. The zero-order chi connectivity index (χ0) is 13.8. The third kappa shape index (κ3) is 3.33. The smallest absolute Gasteiger partial charge is 0.162 e. The lowest BCUT2D eigenvalue weighted by Crippen LogP contribution is -2.05. The molecule has 2 aromatic rings. The SMILES string of the molecule is COc1ccc(NC(C)c2ccc(Cl)s2)cc1OC. The van der Waals surface area contributed by atoms with Crippen LogP contribution in [0.2, 0.25) is 4.34 Å². The van der Waals surface area contributed by atoms with Crippen molar-refractivity contribution >= 4 is 28.6 Å². The van der Waals surface area contributed by atoms with Crippen LogP contribution in [-0.2, 0) is 0 Å². The number of anilines is 1. The summed E-state index contributed by atoms with van der Waals surface area (Å²) in [5, 5.41) is 3.41. The highest BCUT2D eigenvalue weighted by atomic mass is 35.5. The van der Waals surface area contributed by atoms with Gasteiger partial charge in [0.05, 0.1) is 24.6 Å². The monoisotopic (exact) mass is 297 g/mol. The highest BCUT2D eigenvalue weighted by molar-refractivity contribution is 7.16. The molecule has 0 radical (unpaired) electrons. The first kappa shape index (κ1) is 14.0. The average molecular weight is 298 g/mol. The number of halogens is 1. The first-order valence-corrected chi connectivity index (χ1v) is 7.07. The van der Waals surface area contributed by atoms with Crippen LogP contribution in [0.1, 0.15) is 17.8 Å². The Labute approximate surface area is 122 Å². The maximum Gasteiger partial charge on any atom is 0.162 e. The van der Waals surface area contributed by atoms with E-state index in [1.54, 1.807) is 25.6 Å². The normalized spacial score (nSPS) is 12.0. The molecular formula is C14H16ClNO2S. The van der Waals surface area contributed by atoms with Crippen LogP contribution in [0.5, 0.6) is 11.5 Å². The lowest BCUT2D eigenvalue weighted by Gasteiger charge is -2.15. The molecule has 0 bridgehead atoms. The molecular weight excluding hydrogens is 282 g/mol. The van der Waals surface area contributed by atoms with Crippen LogP contribution in [-0.4, -0.2) is 14.2 Å². The highest BCUT2D eigenvalue weighted by Gasteiger charge is 2.10. The van der Waals surface area contributed by atoms with Crippen molar-refractivity contribution in [3.05, 3.63) is 39.5 Å². The number of hydrogen-bond donors (Lipinski definition) is 1. The molecule has 0 aliphatic rings. The summed E-state index contributed by atoms with van der Waals surface area (Å²) in [5.74, 6) is 1.43. The molecule has 1 aromatic carbocycles. The second-order valence-electron chi connectivity index (χ2n) is 4.08. The zero-order valence-corrected chi connectivity index (χ0v) is 12.6. The highest BCUT2D eigenvalue weighted by Crippen LogP contribution is 2.33. The van der Waals surface area contributed by atoms with Gasteiger partial charge in [0.1, 0.15) is 0 Å². The number of benzene rings is 1. The summed E-state index contributed by atoms with van der Waals surface area (Å²) in [7, 11) is 3.26. The predicted octanol–water partition coefficient (Wildman–Crippen LogP) is 4.59. The maximum atomic E-state index is 5.95. The zero-order valence-electron chi connectivity index (χ0n) is 11.1. The van der Waals surface area contributed by atoms with Gasteiger partial charge in [0.15, 0.2) is 11.5 Å². The van der Waals surface area contributed by atoms with Gasteiger partial charge in [-0.15, -0.1) is 11.3 Å². The Morgan fingerprint density at radius 1 is 1.11 bits per heavy atom. The molecule has 0 saturated heterocycles. The minimum atomic E-state index is 0.190. The molecule has 0 spiro atoms. The molecule has 0 amide bonds. The minimum absolute atomic E-state index is 0.190. The van der Waals surface area contributed by atoms with Crippen LogP contribution >= 0.6 is 22.9 Å². The van der Waals surface area contributed by atoms with Gasteiger partial charge in [-0.05, 0) is 31.2 Å². The summed E-state index contributed by atoms with van der Waals surface area (Å²) in [4.78, 5) is 1.19. The molecule has 5 heteroatoms. The standard InChI is InChI=1S/C14H16ClNO2S/c1-9(13-6-7-14(15)19-13)16-10-4-5-11(17-2)12(8-10)18-3/h4-9,16H,1-3H3. The van der Waals surface area contributed by atoms with Gasteiger partial charge in [0.25, 0.3) is 0 Å². The summed E-state index contributed by atoms with van der Waals surface area (Å²) in [5.41, 5.74) is 0.981. The van der Waals surface area contributed by atoms with Gasteiger partial charge in [-0.3, -0.25) is 0 Å². The van der Waals surface area contributed by atoms with Crippen molar-refractivity contribution in [3.63, 3.8) is 0 Å². The largest absolute Gasteiger partial charge is 0.493 e. The Bertz CT molecular complexity index is 556. The third-order valence-electron chi connectivity index (χ3n) is 2.79. The van der Waals surface area contributed by atoms with Crippen molar-refractivity contribution in [2.45, 2.75) is 13.0 Å². The first-order chi connectivity index (χ1) is 9.13. The maximum absolute atomic E-state index is 5.95. The molecule has 1 aromatic heterocycles. The third-order valence-corrected chi connectivity index (χ3v) is 4.20. The Kier molecular flexibility index (Phi) is 4.56. The summed E-state index contributed by atoms with van der Waals surface area (Å²) in [6.45, 7) is 2.10. The van der Waals surface area contributed by atoms with Gasteiger partial charge < -0.3 is 14.8 Å². The van der Waals surface area contributed by atoms with Crippen molar-refractivity contribution in [1.82, 2.24) is 0 Å². The van der Waals surface area contributed by atoms with E-state index in [1.165, 1.54) is 4.88 Å². The first-order valence-electron chi connectivity index (χ1n) is 5.88. The fourth-order valence-corrected chi connectivity index (χ4v) is 2.87. The van der Waals surface area contributed by atoms with E-state index in [1.807, 2.05) is 30.3 Å². The van der Waals surface area contributed by atoms with Crippen LogP contribution in [0.3, 0.4) is 0 Å². The van der Waals surface area contributed by atoms with Crippen LogP contribution < -0.4 is 14.8 Å². The van der Waals surface area contributed by atoms with Gasteiger partial charge >= 0.3 is 0 Å². The van der Waals surface area contributed by atoms with E-state index in [2.05, 4.69) is 12.2 Å². The number of nitrogens with one attached hydrogen (secondary N) is 1. The molecule has 2 rings (SSSR count). The van der Waals surface area contributed by atoms with Gasteiger partial charge in [-0.25, -0.2) is 0 Å². The van der Waals surface area contributed by atoms with Gasteiger partial charge in [0.2, 0.25) is 0 Å². The molecule has 1 atom stereocenters. The molecule has 102 valence electrons. The Hall–Kier alpha value is -1.39. The molecule has 1 heterocycles. The molecule has 1 N–H and O–H groups in total. The molecule has 0 saturated carbocycles. The van der Waals surface area contributed by atoms with Crippen molar-refractivity contribution in [2.24, 2.45) is 0 Å². The number of methoxy groups -OCH3 is 2. The van der Waals surface area contributed by atoms with Gasteiger partial charge in [-0.2, -0.15) is 0 Å². The second-order valence-corrected chi connectivity index (χ2v) is 5.82. The van der Waals surface area contributed by atoms with Gasteiger partial charge in [0, 0.05) is 16.6 Å². The molecule has 0 aliphatic heterocycles. The summed E-state index contributed by atoms with van der Waals surface area (Å²) in [6.07, 6.45) is 0. The lowest BCUT2D eigenvalue weighted by molar-refractivity contribution is 0.355. The van der Waals surface area contributed by atoms with Crippen LogP contribution in [0.15, 0.2) is 30.3 Å². The Balaban J connectivity index is 2.14. The Morgan fingerprint density at radius 3 is 2.42 bits per heavy atom. The van der Waals surface area contributed by atoms with E-state index in [0.717, 1.165) is 15.8 Å². The summed E-state index contributed by atoms with van der Waals surface area (Å²) < 4.78 is 11.3. The molecule has 0 aliphatic carbocycles. The van der Waals surface area contributed by atoms with E-state index in [0.29, 0.717) is 5.75 Å². The van der Waals surface area contributed by atoms with Crippen LogP contribution in [0, 0.1) is 0 Å². The van der Waals surface area contributed by atoms with E-state index < -0.39 is 0 Å². The summed E-state index contributed by atoms with van der Waals surface area (Å²) >= 11 is 7.53. The second kappa shape index (κ2) is 6.17. The van der Waals surface area contributed by atoms with Crippen molar-refractivity contribution < 1.29 is 9.47 Å². The quantitative estimate of drug-likeness (QED) is 0.875. The Morgan fingerprint density at radius 2 is 1.84 bits per heavy atom. The van der Waals surface area contributed by atoms with Crippen LogP contribution in [0.4, 0.5) is 5.69 Å². The van der Waals surface area contributed by atoms with Crippen molar-refractivity contribution in [2.75, 3.05) is 19.5 Å². The topological polar surface area (TPSA) is 30.5 Å². The van der Waals surface area contributed by atoms with Crippen molar-refractivity contribution in [3.8, 4) is 11.5 Å². The van der Waals surface area contributed by atoms with Crippen LogP contribution in [0.25, 0.3) is 0 Å². The lowest BCUT2D eigenvalue weighted by atomic mass is 10.2. The molecule has 19 heavy (non-hydrogen) atoms. The number of rotatable bonds is 5. The molecule has 3 nitrogen and oxygen atoms in total. The minimum Gasteiger partial charge on any atom is -0.493 e. The fraction of sp³-hybridized carbons (Fsp3) is 0.286. The van der Waals surface area contributed by atoms with E-state index in [4.69, 9.17) is 21.1 Å². The predicted molar refractivity (Wildman–Crippen MR) is 80.9 cm³/mol. The van der Waals surface area contributed by atoms with Crippen molar-refractivity contribution in [1.29, 1.82) is 0 Å². The average Bonchev–Trinajstić information content (AvgIpc) is 2.85. The fourth-order valence-electron chi connectivity index (χ4n) is 1.81. The van der Waals surface area contributed by atoms with Gasteiger partial charge in [-0.1, -0.05) is 11.6 Å². The number of ether oxygens (including phenoxy) is 2. The number of hydrogen-bond acceptors (Lipinski definition) is 4. The van der Waals surface area contributed by atoms with E-state index in [-0.39, 0.29) is 6.04 Å². The van der Waals surface area contributed by atoms with E-state index >= 15 is 0 Å². The van der Waals surface area contributed by atoms with E-state index in [9.17, 15) is 0 Å². The summed E-state index contributed by atoms with van der Waals surface area (Å²) in [6, 6.07) is 9.91. The molecule has 1 unspecified atom stereocenters.